The number of likely N-dealkylation sites (tertiary alicyclic amines) is 1. The molecule has 1 amide bonds. The lowest BCUT2D eigenvalue weighted by atomic mass is 9.77. The van der Waals surface area contributed by atoms with Gasteiger partial charge >= 0.3 is 0 Å². The average molecular weight is 358 g/mol. The van der Waals surface area contributed by atoms with Crippen LogP contribution in [0, 0.1) is 11.8 Å². The van der Waals surface area contributed by atoms with Crippen molar-refractivity contribution in [3.63, 3.8) is 0 Å². The molecular weight excluding hydrogens is 328 g/mol. The summed E-state index contributed by atoms with van der Waals surface area (Å²) in [5.41, 5.74) is 1.19. The highest BCUT2D eigenvalue weighted by Gasteiger charge is 2.42. The number of hydrogen-bond acceptors (Lipinski definition) is 4. The summed E-state index contributed by atoms with van der Waals surface area (Å²) in [7, 11) is 3.44. The third kappa shape index (κ3) is 4.65. The number of benzene rings is 1. The number of methoxy groups -OCH3 is 2. The van der Waals surface area contributed by atoms with Gasteiger partial charge < -0.3 is 14.8 Å². The van der Waals surface area contributed by atoms with Gasteiger partial charge in [0.25, 0.3) is 0 Å². The second kappa shape index (κ2) is 8.69. The molecule has 1 heterocycles. The van der Waals surface area contributed by atoms with Crippen LogP contribution in [0.25, 0.3) is 6.08 Å². The van der Waals surface area contributed by atoms with Crippen molar-refractivity contribution in [1.82, 2.24) is 10.2 Å². The van der Waals surface area contributed by atoms with Gasteiger partial charge in [0.2, 0.25) is 5.91 Å². The fourth-order valence-corrected chi connectivity index (χ4v) is 4.39. The molecule has 1 aromatic carbocycles. The largest absolute Gasteiger partial charge is 0.497 e. The van der Waals surface area contributed by atoms with E-state index in [9.17, 15) is 4.79 Å². The Balaban J connectivity index is 1.52. The molecule has 0 unspecified atom stereocenters. The summed E-state index contributed by atoms with van der Waals surface area (Å²) in [6.45, 7) is 4.76. The van der Waals surface area contributed by atoms with Gasteiger partial charge in [-0.25, -0.2) is 0 Å². The molecule has 4 atom stereocenters. The van der Waals surface area contributed by atoms with Crippen molar-refractivity contribution < 1.29 is 14.3 Å². The highest BCUT2D eigenvalue weighted by Crippen LogP contribution is 2.37. The highest BCUT2D eigenvalue weighted by molar-refractivity contribution is 5.73. The summed E-state index contributed by atoms with van der Waals surface area (Å²) >= 11 is 0. The van der Waals surface area contributed by atoms with E-state index >= 15 is 0 Å². The number of amides is 1. The molecule has 26 heavy (non-hydrogen) atoms. The monoisotopic (exact) mass is 358 g/mol. The predicted molar refractivity (Wildman–Crippen MR) is 103 cm³/mol. The fourth-order valence-electron chi connectivity index (χ4n) is 4.39. The Labute approximate surface area is 156 Å². The first kappa shape index (κ1) is 18.9. The van der Waals surface area contributed by atoms with Crippen LogP contribution in [0.4, 0.5) is 0 Å². The van der Waals surface area contributed by atoms with Crippen LogP contribution in [-0.4, -0.2) is 56.8 Å². The quantitative estimate of drug-likeness (QED) is 0.849. The van der Waals surface area contributed by atoms with Gasteiger partial charge in [-0.2, -0.15) is 0 Å². The molecule has 1 saturated carbocycles. The van der Waals surface area contributed by atoms with Crippen LogP contribution in [0.1, 0.15) is 25.3 Å². The number of nitrogens with one attached hydrogen (secondary N) is 1. The van der Waals surface area contributed by atoms with Crippen molar-refractivity contribution in [2.45, 2.75) is 31.9 Å². The lowest BCUT2D eigenvalue weighted by Gasteiger charge is -2.37. The zero-order valence-electron chi connectivity index (χ0n) is 16.0. The van der Waals surface area contributed by atoms with E-state index in [4.69, 9.17) is 9.47 Å². The van der Waals surface area contributed by atoms with Crippen LogP contribution in [0.3, 0.4) is 0 Å². The second-order valence-corrected chi connectivity index (χ2v) is 7.47. The summed E-state index contributed by atoms with van der Waals surface area (Å²) in [4.78, 5) is 14.0. The zero-order valence-corrected chi connectivity index (χ0v) is 16.0. The van der Waals surface area contributed by atoms with E-state index in [2.05, 4.69) is 34.5 Å². The number of rotatable bonds is 6. The number of carbonyl (C=O) groups excluding carboxylic acids is 1. The lowest BCUT2D eigenvalue weighted by molar-refractivity contribution is -0.121. The van der Waals surface area contributed by atoms with Gasteiger partial charge in [-0.15, -0.1) is 0 Å². The van der Waals surface area contributed by atoms with Gasteiger partial charge in [-0.1, -0.05) is 24.3 Å². The van der Waals surface area contributed by atoms with Crippen LogP contribution in [-0.2, 0) is 9.53 Å². The Morgan fingerprint density at radius 3 is 2.50 bits per heavy atom. The molecule has 1 aliphatic heterocycles. The molecule has 1 N–H and O–H groups in total. The molecule has 0 aromatic heterocycles. The fraction of sp³-hybridized carbons (Fsp3) is 0.571. The van der Waals surface area contributed by atoms with E-state index in [1.54, 1.807) is 21.1 Å². The lowest BCUT2D eigenvalue weighted by Crippen LogP contribution is -2.49. The Hall–Kier alpha value is -1.85. The van der Waals surface area contributed by atoms with E-state index in [1.165, 1.54) is 5.56 Å². The van der Waals surface area contributed by atoms with Crippen molar-refractivity contribution in [2.75, 3.05) is 33.9 Å². The van der Waals surface area contributed by atoms with Gasteiger partial charge in [0.05, 0.1) is 19.3 Å². The standard InChI is InChI=1S/C21H30N2O3/c1-15(24)22-20-11-17-13-23(14-18(17)12-21(20)26-3)10-4-5-16-6-8-19(25-2)9-7-16/h4-9,17-18,20-21H,10-14H2,1-3H3,(H,22,24)/b5-4+/t17-,18+,20-,21-/m1/s1. The van der Waals surface area contributed by atoms with Gasteiger partial charge in [-0.05, 0) is 42.4 Å². The van der Waals surface area contributed by atoms with Gasteiger partial charge in [-0.3, -0.25) is 9.69 Å². The highest BCUT2D eigenvalue weighted by atomic mass is 16.5. The third-order valence-corrected chi connectivity index (χ3v) is 5.67. The summed E-state index contributed by atoms with van der Waals surface area (Å²) in [5, 5.41) is 3.08. The van der Waals surface area contributed by atoms with Crippen LogP contribution in [0.5, 0.6) is 5.75 Å². The number of nitrogens with zero attached hydrogens (tertiary/aromatic N) is 1. The second-order valence-electron chi connectivity index (χ2n) is 7.47. The first-order valence-corrected chi connectivity index (χ1v) is 9.42. The maximum atomic E-state index is 11.5. The van der Waals surface area contributed by atoms with Crippen LogP contribution in [0.2, 0.25) is 0 Å². The molecule has 5 nitrogen and oxygen atoms in total. The number of fused-ring (bicyclic) bond motifs is 1. The normalized spacial score (nSPS) is 28.9. The molecule has 3 rings (SSSR count). The molecule has 1 saturated heterocycles. The van der Waals surface area contributed by atoms with Crippen molar-refractivity contribution in [3.8, 4) is 5.75 Å². The number of carbonyl (C=O) groups is 1. The van der Waals surface area contributed by atoms with E-state index in [0.29, 0.717) is 11.8 Å². The smallest absolute Gasteiger partial charge is 0.217 e. The van der Waals surface area contributed by atoms with Crippen molar-refractivity contribution in [1.29, 1.82) is 0 Å². The Morgan fingerprint density at radius 2 is 1.88 bits per heavy atom. The summed E-state index contributed by atoms with van der Waals surface area (Å²) in [6.07, 6.45) is 6.58. The summed E-state index contributed by atoms with van der Waals surface area (Å²) in [5.74, 6) is 2.23. The van der Waals surface area contributed by atoms with E-state index in [0.717, 1.165) is 38.2 Å². The van der Waals surface area contributed by atoms with E-state index in [1.807, 2.05) is 12.1 Å². The molecule has 142 valence electrons. The molecule has 0 bridgehead atoms. The molecule has 2 fully saturated rings. The number of hydrogen-bond donors (Lipinski definition) is 1. The van der Waals surface area contributed by atoms with E-state index < -0.39 is 0 Å². The van der Waals surface area contributed by atoms with Crippen molar-refractivity contribution >= 4 is 12.0 Å². The van der Waals surface area contributed by atoms with Gasteiger partial charge in [0.1, 0.15) is 5.75 Å². The number of ether oxygens (including phenoxy) is 2. The minimum Gasteiger partial charge on any atom is -0.497 e. The third-order valence-electron chi connectivity index (χ3n) is 5.67. The molecule has 5 heteroatoms. The Bertz CT molecular complexity index is 629. The maximum absolute atomic E-state index is 11.5. The topological polar surface area (TPSA) is 50.8 Å². The molecule has 0 radical (unpaired) electrons. The van der Waals surface area contributed by atoms with Crippen molar-refractivity contribution in [2.24, 2.45) is 11.8 Å². The first-order chi connectivity index (χ1) is 12.6. The van der Waals surface area contributed by atoms with E-state index in [-0.39, 0.29) is 18.1 Å². The molecular formula is C21H30N2O3. The van der Waals surface area contributed by atoms with Crippen molar-refractivity contribution in [3.05, 3.63) is 35.9 Å². The maximum Gasteiger partial charge on any atom is 0.217 e. The summed E-state index contributed by atoms with van der Waals surface area (Å²) < 4.78 is 10.8. The van der Waals surface area contributed by atoms with Gasteiger partial charge in [0, 0.05) is 33.7 Å². The van der Waals surface area contributed by atoms with Crippen LogP contribution in [0.15, 0.2) is 30.3 Å². The van der Waals surface area contributed by atoms with Crippen LogP contribution < -0.4 is 10.1 Å². The molecule has 0 spiro atoms. The van der Waals surface area contributed by atoms with Crippen LogP contribution >= 0.6 is 0 Å². The minimum absolute atomic E-state index is 0.0350. The Kier molecular flexibility index (Phi) is 6.33. The Morgan fingerprint density at radius 1 is 1.19 bits per heavy atom. The average Bonchev–Trinajstić information content (AvgIpc) is 3.02. The molecule has 1 aliphatic carbocycles. The molecule has 2 aliphatic rings. The van der Waals surface area contributed by atoms with Gasteiger partial charge in [0.15, 0.2) is 0 Å². The molecule has 1 aromatic rings. The summed E-state index contributed by atoms with van der Waals surface area (Å²) in [6, 6.07) is 8.25. The predicted octanol–water partition coefficient (Wildman–Crippen LogP) is 2.57. The first-order valence-electron chi connectivity index (χ1n) is 9.42. The minimum atomic E-state index is 0.0350. The zero-order chi connectivity index (χ0) is 18.5. The SMILES string of the molecule is COc1ccc(/C=C/CN2C[C@H]3C[C@@H](NC(C)=O)[C@H](OC)C[C@H]3C2)cc1.